The number of hydrogen-bond acceptors (Lipinski definition) is 2. The van der Waals surface area contributed by atoms with Crippen molar-refractivity contribution in [2.45, 2.75) is 6.54 Å². The normalized spacial score (nSPS) is 10.1. The number of thiophene rings is 1. The van der Waals surface area contributed by atoms with Gasteiger partial charge in [0.15, 0.2) is 0 Å². The molecule has 1 aromatic heterocycles. The Bertz CT molecular complexity index is 397. The molecular formula is C11H10BrNS. The van der Waals surface area contributed by atoms with E-state index in [1.54, 1.807) is 11.3 Å². The van der Waals surface area contributed by atoms with Crippen LogP contribution in [0.3, 0.4) is 0 Å². The maximum absolute atomic E-state index is 3.51. The molecule has 0 aliphatic rings. The molecule has 3 heteroatoms. The number of rotatable bonds is 3. The van der Waals surface area contributed by atoms with E-state index in [4.69, 9.17) is 0 Å². The smallest absolute Gasteiger partial charge is 0.0505 e. The summed E-state index contributed by atoms with van der Waals surface area (Å²) >= 11 is 5.27. The second-order valence-electron chi connectivity index (χ2n) is 2.91. The number of halogens is 1. The molecule has 1 heterocycles. The zero-order valence-electron chi connectivity index (χ0n) is 7.53. The molecular weight excluding hydrogens is 258 g/mol. The summed E-state index contributed by atoms with van der Waals surface area (Å²) in [5, 5.41) is 5.46. The Hall–Kier alpha value is -0.800. The third-order valence-corrected chi connectivity index (χ3v) is 3.84. The third-order valence-electron chi connectivity index (χ3n) is 1.92. The van der Waals surface area contributed by atoms with Crippen molar-refractivity contribution in [2.75, 3.05) is 5.32 Å². The van der Waals surface area contributed by atoms with Crippen molar-refractivity contribution in [2.24, 2.45) is 0 Å². The minimum Gasteiger partial charge on any atom is -0.380 e. The lowest BCUT2D eigenvalue weighted by Gasteiger charge is -2.04. The average molecular weight is 268 g/mol. The van der Waals surface area contributed by atoms with E-state index in [-0.39, 0.29) is 0 Å². The maximum atomic E-state index is 3.51. The molecule has 1 aromatic carbocycles. The van der Waals surface area contributed by atoms with Gasteiger partial charge < -0.3 is 5.32 Å². The van der Waals surface area contributed by atoms with Gasteiger partial charge in [0, 0.05) is 15.0 Å². The van der Waals surface area contributed by atoms with Gasteiger partial charge in [-0.3, -0.25) is 0 Å². The molecule has 0 aliphatic carbocycles. The zero-order valence-corrected chi connectivity index (χ0v) is 9.94. The van der Waals surface area contributed by atoms with Crippen LogP contribution in [0, 0.1) is 0 Å². The lowest BCUT2D eigenvalue weighted by atomic mass is 10.3. The van der Waals surface area contributed by atoms with Crippen LogP contribution in [0.15, 0.2) is 46.3 Å². The predicted molar refractivity (Wildman–Crippen MR) is 65.8 cm³/mol. The average Bonchev–Trinajstić information content (AvgIpc) is 2.63. The van der Waals surface area contributed by atoms with Gasteiger partial charge in [-0.2, -0.15) is 0 Å². The molecule has 14 heavy (non-hydrogen) atoms. The number of nitrogens with one attached hydrogen (secondary N) is 1. The van der Waals surface area contributed by atoms with Crippen molar-refractivity contribution in [1.29, 1.82) is 0 Å². The lowest BCUT2D eigenvalue weighted by molar-refractivity contribution is 1.18. The molecule has 0 unspecified atom stereocenters. The van der Waals surface area contributed by atoms with Gasteiger partial charge in [-0.15, -0.1) is 11.3 Å². The number of hydrogen-bond donors (Lipinski definition) is 1. The van der Waals surface area contributed by atoms with E-state index in [0.29, 0.717) is 0 Å². The first-order valence-electron chi connectivity index (χ1n) is 4.37. The standard InChI is InChI=1S/C11H10BrNS/c12-10-6-7-14-11(10)8-13-9-4-2-1-3-5-9/h1-7,13H,8H2. The largest absolute Gasteiger partial charge is 0.380 e. The molecule has 0 bridgehead atoms. The van der Waals surface area contributed by atoms with Crippen molar-refractivity contribution < 1.29 is 0 Å². The highest BCUT2D eigenvalue weighted by atomic mass is 79.9. The van der Waals surface area contributed by atoms with Crippen LogP contribution in [0.5, 0.6) is 0 Å². The predicted octanol–water partition coefficient (Wildman–Crippen LogP) is 4.12. The Labute approximate surface area is 95.9 Å². The molecule has 0 fully saturated rings. The Morgan fingerprint density at radius 2 is 1.93 bits per heavy atom. The van der Waals surface area contributed by atoms with E-state index >= 15 is 0 Å². The first-order chi connectivity index (χ1) is 6.86. The summed E-state index contributed by atoms with van der Waals surface area (Å²) in [5.74, 6) is 0. The highest BCUT2D eigenvalue weighted by molar-refractivity contribution is 9.10. The van der Waals surface area contributed by atoms with E-state index in [1.165, 1.54) is 9.35 Å². The van der Waals surface area contributed by atoms with Gasteiger partial charge in [-0.05, 0) is 39.5 Å². The van der Waals surface area contributed by atoms with Gasteiger partial charge >= 0.3 is 0 Å². The van der Waals surface area contributed by atoms with Crippen molar-refractivity contribution in [3.05, 3.63) is 51.1 Å². The van der Waals surface area contributed by atoms with Crippen LogP contribution in [0.1, 0.15) is 4.88 Å². The van der Waals surface area contributed by atoms with Crippen LogP contribution in [-0.2, 0) is 6.54 Å². The van der Waals surface area contributed by atoms with Crippen LogP contribution < -0.4 is 5.32 Å². The lowest BCUT2D eigenvalue weighted by Crippen LogP contribution is -1.97. The molecule has 0 radical (unpaired) electrons. The minimum atomic E-state index is 0.877. The minimum absolute atomic E-state index is 0.877. The van der Waals surface area contributed by atoms with E-state index < -0.39 is 0 Å². The second kappa shape index (κ2) is 4.62. The molecule has 1 N–H and O–H groups in total. The molecule has 0 aliphatic heterocycles. The summed E-state index contributed by atoms with van der Waals surface area (Å²) in [4.78, 5) is 1.33. The molecule has 0 saturated heterocycles. The van der Waals surface area contributed by atoms with Crippen molar-refractivity contribution in [1.82, 2.24) is 0 Å². The van der Waals surface area contributed by atoms with Crippen LogP contribution >= 0.6 is 27.3 Å². The van der Waals surface area contributed by atoms with Crippen LogP contribution in [0.2, 0.25) is 0 Å². The summed E-state index contributed by atoms with van der Waals surface area (Å²) in [5.41, 5.74) is 1.16. The highest BCUT2D eigenvalue weighted by Gasteiger charge is 1.99. The van der Waals surface area contributed by atoms with E-state index in [2.05, 4.69) is 44.8 Å². The highest BCUT2D eigenvalue weighted by Crippen LogP contribution is 2.23. The summed E-state index contributed by atoms with van der Waals surface area (Å²) in [6.07, 6.45) is 0. The van der Waals surface area contributed by atoms with Gasteiger partial charge in [0.2, 0.25) is 0 Å². The maximum Gasteiger partial charge on any atom is 0.0505 e. The second-order valence-corrected chi connectivity index (χ2v) is 4.77. The number of anilines is 1. The molecule has 2 aromatic rings. The van der Waals surface area contributed by atoms with Gasteiger partial charge in [-0.25, -0.2) is 0 Å². The van der Waals surface area contributed by atoms with Crippen molar-refractivity contribution in [3.8, 4) is 0 Å². The quantitative estimate of drug-likeness (QED) is 0.882. The molecule has 0 saturated carbocycles. The fourth-order valence-electron chi connectivity index (χ4n) is 1.19. The summed E-state index contributed by atoms with van der Waals surface area (Å²) < 4.78 is 1.19. The van der Waals surface area contributed by atoms with Crippen molar-refractivity contribution in [3.63, 3.8) is 0 Å². The molecule has 0 spiro atoms. The Morgan fingerprint density at radius 1 is 1.14 bits per heavy atom. The van der Waals surface area contributed by atoms with Gasteiger partial charge in [0.05, 0.1) is 6.54 Å². The van der Waals surface area contributed by atoms with E-state index in [0.717, 1.165) is 12.2 Å². The number of para-hydroxylation sites is 1. The summed E-state index contributed by atoms with van der Waals surface area (Å²) in [6, 6.07) is 12.3. The van der Waals surface area contributed by atoms with Crippen molar-refractivity contribution >= 4 is 33.0 Å². The molecule has 2 rings (SSSR count). The molecule has 0 atom stereocenters. The first-order valence-corrected chi connectivity index (χ1v) is 6.04. The van der Waals surface area contributed by atoms with E-state index in [1.807, 2.05) is 18.2 Å². The van der Waals surface area contributed by atoms with Crippen LogP contribution in [-0.4, -0.2) is 0 Å². The Morgan fingerprint density at radius 3 is 2.57 bits per heavy atom. The Kier molecular flexibility index (Phi) is 3.22. The SMILES string of the molecule is Brc1ccsc1CNc1ccccc1. The van der Waals surface area contributed by atoms with Gasteiger partial charge in [0.1, 0.15) is 0 Å². The molecule has 0 amide bonds. The van der Waals surface area contributed by atoms with Crippen LogP contribution in [0.4, 0.5) is 5.69 Å². The fraction of sp³-hybridized carbons (Fsp3) is 0.0909. The third kappa shape index (κ3) is 2.36. The van der Waals surface area contributed by atoms with Gasteiger partial charge in [0.25, 0.3) is 0 Å². The van der Waals surface area contributed by atoms with Gasteiger partial charge in [-0.1, -0.05) is 18.2 Å². The molecule has 72 valence electrons. The van der Waals surface area contributed by atoms with Crippen LogP contribution in [0.25, 0.3) is 0 Å². The monoisotopic (exact) mass is 267 g/mol. The molecule has 1 nitrogen and oxygen atoms in total. The fourth-order valence-corrected chi connectivity index (χ4v) is 2.62. The summed E-state index contributed by atoms with van der Waals surface area (Å²) in [6.45, 7) is 0.877. The zero-order chi connectivity index (χ0) is 9.80. The topological polar surface area (TPSA) is 12.0 Å². The number of benzene rings is 1. The van der Waals surface area contributed by atoms with E-state index in [9.17, 15) is 0 Å². The Balaban J connectivity index is 1.99. The summed E-state index contributed by atoms with van der Waals surface area (Å²) in [7, 11) is 0. The first kappa shape index (κ1) is 9.74.